The van der Waals surface area contributed by atoms with Crippen LogP contribution in [0.2, 0.25) is 0 Å². The van der Waals surface area contributed by atoms with E-state index in [1.807, 2.05) is 20.8 Å². The second kappa shape index (κ2) is 6.36. The van der Waals surface area contributed by atoms with Crippen molar-refractivity contribution in [2.24, 2.45) is 5.14 Å². The third-order valence-electron chi connectivity index (χ3n) is 2.66. The Hall–Kier alpha value is -1.11. The fraction of sp³-hybridized carbons (Fsp3) is 0.538. The highest BCUT2D eigenvalue weighted by molar-refractivity contribution is 7.89. The summed E-state index contributed by atoms with van der Waals surface area (Å²) in [7, 11) is -2.09. The summed E-state index contributed by atoms with van der Waals surface area (Å²) in [6.07, 6.45) is -0.108. The van der Waals surface area contributed by atoms with Gasteiger partial charge in [-0.1, -0.05) is 13.8 Å². The first-order chi connectivity index (χ1) is 8.75. The summed E-state index contributed by atoms with van der Waals surface area (Å²) in [6.45, 7) is 6.29. The number of rotatable bonds is 6. The van der Waals surface area contributed by atoms with Crippen LogP contribution in [-0.4, -0.2) is 28.2 Å². The normalized spacial score (nSPS) is 13.6. The molecule has 0 saturated carbocycles. The first kappa shape index (κ1) is 15.9. The molecule has 6 heteroatoms. The van der Waals surface area contributed by atoms with Crippen molar-refractivity contribution >= 4 is 10.0 Å². The molecule has 0 amide bonds. The lowest BCUT2D eigenvalue weighted by atomic mass is 10.0. The van der Waals surface area contributed by atoms with Crippen LogP contribution in [-0.2, 0) is 14.8 Å². The van der Waals surface area contributed by atoms with E-state index in [2.05, 4.69) is 0 Å². The van der Waals surface area contributed by atoms with Gasteiger partial charge in [-0.25, -0.2) is 13.6 Å². The van der Waals surface area contributed by atoms with Crippen molar-refractivity contribution in [2.45, 2.75) is 37.7 Å². The molecule has 0 heterocycles. The largest absolute Gasteiger partial charge is 0.488 e. The summed E-state index contributed by atoms with van der Waals surface area (Å²) in [6, 6.07) is 4.66. The highest BCUT2D eigenvalue weighted by atomic mass is 32.2. The molecule has 1 atom stereocenters. The van der Waals surface area contributed by atoms with Crippen LogP contribution in [0.15, 0.2) is 23.1 Å². The minimum atomic E-state index is -3.69. The number of methoxy groups -OCH3 is 1. The lowest BCUT2D eigenvalue weighted by molar-refractivity contribution is 0.0912. The monoisotopic (exact) mass is 287 g/mol. The maximum Gasteiger partial charge on any atom is 0.238 e. The lowest BCUT2D eigenvalue weighted by Gasteiger charge is -2.19. The molecule has 19 heavy (non-hydrogen) atoms. The number of hydrogen-bond donors (Lipinski definition) is 1. The van der Waals surface area contributed by atoms with Gasteiger partial charge in [-0.05, 0) is 36.6 Å². The van der Waals surface area contributed by atoms with Crippen molar-refractivity contribution in [1.82, 2.24) is 0 Å². The van der Waals surface area contributed by atoms with Gasteiger partial charge in [-0.3, -0.25) is 0 Å². The van der Waals surface area contributed by atoms with Gasteiger partial charge in [0.15, 0.2) is 0 Å². The van der Waals surface area contributed by atoms with E-state index in [0.29, 0.717) is 12.4 Å². The number of benzene rings is 1. The van der Waals surface area contributed by atoms with Crippen molar-refractivity contribution in [3.8, 4) is 5.75 Å². The predicted octanol–water partition coefficient (Wildman–Crippen LogP) is 1.87. The molecule has 0 aliphatic rings. The molecule has 0 aliphatic heterocycles. The Kier molecular flexibility index (Phi) is 5.34. The Morgan fingerprint density at radius 2 is 1.89 bits per heavy atom. The zero-order valence-electron chi connectivity index (χ0n) is 11.7. The lowest BCUT2D eigenvalue weighted by Crippen LogP contribution is -2.19. The fourth-order valence-electron chi connectivity index (χ4n) is 1.75. The topological polar surface area (TPSA) is 78.6 Å². The Labute approximate surface area is 114 Å². The van der Waals surface area contributed by atoms with Gasteiger partial charge in [0.05, 0.1) is 11.5 Å². The van der Waals surface area contributed by atoms with Crippen molar-refractivity contribution in [2.75, 3.05) is 13.7 Å². The SMILES string of the molecule is COCC(C)Oc1ccc(S(N)(=O)=O)cc1C(C)C. The molecule has 0 aromatic heterocycles. The molecular formula is C13H21NO4S. The van der Waals surface area contributed by atoms with Crippen molar-refractivity contribution in [3.63, 3.8) is 0 Å². The molecule has 0 spiro atoms. The molecule has 0 bridgehead atoms. The second-order valence-electron chi connectivity index (χ2n) is 4.78. The summed E-state index contributed by atoms with van der Waals surface area (Å²) in [5.41, 5.74) is 0.814. The van der Waals surface area contributed by atoms with Gasteiger partial charge >= 0.3 is 0 Å². The molecular weight excluding hydrogens is 266 g/mol. The third-order valence-corrected chi connectivity index (χ3v) is 3.57. The summed E-state index contributed by atoms with van der Waals surface area (Å²) in [5, 5.41) is 5.14. The highest BCUT2D eigenvalue weighted by Gasteiger charge is 2.16. The van der Waals surface area contributed by atoms with E-state index in [0.717, 1.165) is 5.56 Å². The Balaban J connectivity index is 3.12. The van der Waals surface area contributed by atoms with E-state index in [9.17, 15) is 8.42 Å². The first-order valence-corrected chi connectivity index (χ1v) is 7.62. The van der Waals surface area contributed by atoms with Crippen molar-refractivity contribution < 1.29 is 17.9 Å². The minimum absolute atomic E-state index is 0.0999. The van der Waals surface area contributed by atoms with Crippen LogP contribution in [0, 0.1) is 0 Å². The standard InChI is InChI=1S/C13H21NO4S/c1-9(2)12-7-11(19(14,15)16)5-6-13(12)18-10(3)8-17-4/h5-7,9-10H,8H2,1-4H3,(H2,14,15,16). The highest BCUT2D eigenvalue weighted by Crippen LogP contribution is 2.29. The second-order valence-corrected chi connectivity index (χ2v) is 6.34. The van der Waals surface area contributed by atoms with E-state index in [-0.39, 0.29) is 16.9 Å². The quantitative estimate of drug-likeness (QED) is 0.866. The van der Waals surface area contributed by atoms with E-state index >= 15 is 0 Å². The van der Waals surface area contributed by atoms with Gasteiger partial charge in [0.25, 0.3) is 0 Å². The molecule has 0 radical (unpaired) electrons. The Morgan fingerprint density at radius 3 is 2.37 bits per heavy atom. The van der Waals surface area contributed by atoms with Gasteiger partial charge in [0.2, 0.25) is 10.0 Å². The molecule has 1 aromatic carbocycles. The van der Waals surface area contributed by atoms with Gasteiger partial charge in [0, 0.05) is 7.11 Å². The van der Waals surface area contributed by atoms with Crippen LogP contribution in [0.3, 0.4) is 0 Å². The van der Waals surface area contributed by atoms with Crippen LogP contribution < -0.4 is 9.88 Å². The van der Waals surface area contributed by atoms with Gasteiger partial charge in [-0.15, -0.1) is 0 Å². The molecule has 0 aliphatic carbocycles. The van der Waals surface area contributed by atoms with E-state index < -0.39 is 10.0 Å². The van der Waals surface area contributed by atoms with Crippen LogP contribution >= 0.6 is 0 Å². The van der Waals surface area contributed by atoms with Gasteiger partial charge < -0.3 is 9.47 Å². The average molecular weight is 287 g/mol. The fourth-order valence-corrected chi connectivity index (χ4v) is 2.30. The molecule has 1 rings (SSSR count). The Bertz CT molecular complexity index is 525. The maximum absolute atomic E-state index is 11.4. The summed E-state index contributed by atoms with van der Waals surface area (Å²) in [5.74, 6) is 0.790. The van der Waals surface area contributed by atoms with E-state index in [1.165, 1.54) is 6.07 Å². The van der Waals surface area contributed by atoms with E-state index in [4.69, 9.17) is 14.6 Å². The zero-order chi connectivity index (χ0) is 14.6. The third kappa shape index (κ3) is 4.49. The van der Waals surface area contributed by atoms with Crippen LogP contribution in [0.1, 0.15) is 32.3 Å². The number of primary sulfonamides is 1. The molecule has 0 saturated heterocycles. The summed E-state index contributed by atoms with van der Waals surface area (Å²) >= 11 is 0. The number of hydrogen-bond acceptors (Lipinski definition) is 4. The molecule has 2 N–H and O–H groups in total. The molecule has 5 nitrogen and oxygen atoms in total. The van der Waals surface area contributed by atoms with Gasteiger partial charge in [0.1, 0.15) is 11.9 Å². The van der Waals surface area contributed by atoms with E-state index in [1.54, 1.807) is 19.2 Å². The number of sulfonamides is 1. The summed E-state index contributed by atoms with van der Waals surface area (Å²) < 4.78 is 33.5. The number of nitrogens with two attached hydrogens (primary N) is 1. The smallest absolute Gasteiger partial charge is 0.238 e. The summed E-state index contributed by atoms with van der Waals surface area (Å²) in [4.78, 5) is 0.0999. The van der Waals surface area contributed by atoms with Crippen LogP contribution in [0.5, 0.6) is 5.75 Å². The molecule has 1 aromatic rings. The average Bonchev–Trinajstić information content (AvgIpc) is 2.27. The Morgan fingerprint density at radius 1 is 1.26 bits per heavy atom. The van der Waals surface area contributed by atoms with Gasteiger partial charge in [-0.2, -0.15) is 0 Å². The molecule has 1 unspecified atom stereocenters. The molecule has 108 valence electrons. The minimum Gasteiger partial charge on any atom is -0.488 e. The van der Waals surface area contributed by atoms with Crippen molar-refractivity contribution in [1.29, 1.82) is 0 Å². The van der Waals surface area contributed by atoms with Crippen molar-refractivity contribution in [3.05, 3.63) is 23.8 Å². The first-order valence-electron chi connectivity index (χ1n) is 6.08. The van der Waals surface area contributed by atoms with Crippen LogP contribution in [0.4, 0.5) is 0 Å². The zero-order valence-corrected chi connectivity index (χ0v) is 12.5. The predicted molar refractivity (Wildman–Crippen MR) is 73.9 cm³/mol. The van der Waals surface area contributed by atoms with Crippen LogP contribution in [0.25, 0.3) is 0 Å². The number of ether oxygens (including phenoxy) is 2. The maximum atomic E-state index is 11.4. The molecule has 0 fully saturated rings.